The summed E-state index contributed by atoms with van der Waals surface area (Å²) in [6, 6.07) is 11.7. The van der Waals surface area contributed by atoms with E-state index in [1.807, 2.05) is 30.3 Å². The first-order valence-electron chi connectivity index (χ1n) is 9.47. The van der Waals surface area contributed by atoms with E-state index in [1.165, 1.54) is 0 Å². The Balaban J connectivity index is 2.18. The van der Waals surface area contributed by atoms with Crippen molar-refractivity contribution in [2.75, 3.05) is 41.0 Å². The lowest BCUT2D eigenvalue weighted by Gasteiger charge is -2.35. The fourth-order valence-corrected chi connectivity index (χ4v) is 3.61. The number of likely N-dealkylation sites (tertiary alicyclic amines) is 1. The summed E-state index contributed by atoms with van der Waals surface area (Å²) in [5, 5.41) is 9.88. The molecule has 1 fully saturated rings. The molecule has 0 unspecified atom stereocenters. The Labute approximate surface area is 167 Å². The number of benzene rings is 1. The van der Waals surface area contributed by atoms with Crippen molar-refractivity contribution >= 4 is 5.91 Å². The normalized spacial score (nSPS) is 21.3. The lowest BCUT2D eigenvalue weighted by molar-refractivity contribution is -0.146. The molecule has 0 radical (unpaired) electrons. The molecule has 1 aromatic rings. The number of carbonyl (C=O) groups is 1. The standard InChI is InChI=1S/C21H30N2O5/c1-21(14-22,11-17-7-5-4-6-8-17)20(24)23-18(12-27-15-25-2)9-10-19(23)13-28-16-26-3/h4-8,18-19H,9-13,15-16H2,1-3H3/t18-,19-,21-/m1/s1. The summed E-state index contributed by atoms with van der Waals surface area (Å²) in [4.78, 5) is 15.3. The number of ether oxygens (including phenoxy) is 4. The molecule has 28 heavy (non-hydrogen) atoms. The summed E-state index contributed by atoms with van der Waals surface area (Å²) in [6.45, 7) is 2.78. The van der Waals surface area contributed by atoms with Gasteiger partial charge in [0.1, 0.15) is 19.0 Å². The zero-order valence-electron chi connectivity index (χ0n) is 16.9. The molecule has 3 atom stereocenters. The third-order valence-corrected chi connectivity index (χ3v) is 5.00. The van der Waals surface area contributed by atoms with Crippen LogP contribution in [-0.2, 0) is 30.2 Å². The summed E-state index contributed by atoms with van der Waals surface area (Å²) >= 11 is 0. The van der Waals surface area contributed by atoms with Gasteiger partial charge in [-0.2, -0.15) is 5.26 Å². The molecule has 1 aliphatic rings. The van der Waals surface area contributed by atoms with Gasteiger partial charge in [-0.1, -0.05) is 30.3 Å². The quantitative estimate of drug-likeness (QED) is 0.426. The van der Waals surface area contributed by atoms with Crippen molar-refractivity contribution in [2.45, 2.75) is 38.3 Å². The Morgan fingerprint density at radius 2 is 1.64 bits per heavy atom. The first-order valence-corrected chi connectivity index (χ1v) is 9.47. The molecule has 0 spiro atoms. The van der Waals surface area contributed by atoms with Gasteiger partial charge in [0.15, 0.2) is 0 Å². The third-order valence-electron chi connectivity index (χ3n) is 5.00. The van der Waals surface area contributed by atoms with Gasteiger partial charge in [0.25, 0.3) is 0 Å². The molecule has 1 aliphatic heterocycles. The van der Waals surface area contributed by atoms with E-state index in [9.17, 15) is 10.1 Å². The van der Waals surface area contributed by atoms with E-state index in [-0.39, 0.29) is 31.6 Å². The van der Waals surface area contributed by atoms with Gasteiger partial charge < -0.3 is 23.8 Å². The summed E-state index contributed by atoms with van der Waals surface area (Å²) < 4.78 is 20.9. The second-order valence-corrected chi connectivity index (χ2v) is 7.26. The second-order valence-electron chi connectivity index (χ2n) is 7.26. The van der Waals surface area contributed by atoms with E-state index in [1.54, 1.807) is 26.0 Å². The molecule has 7 heteroatoms. The molecule has 0 bridgehead atoms. The van der Waals surface area contributed by atoms with Crippen LogP contribution in [0, 0.1) is 16.7 Å². The maximum absolute atomic E-state index is 13.5. The molecule has 154 valence electrons. The third kappa shape index (κ3) is 5.76. The SMILES string of the molecule is COCOC[C@H]1CC[C@H](COCOC)N1C(=O)[C@@](C)(C#N)Cc1ccccc1. The minimum atomic E-state index is -1.16. The maximum Gasteiger partial charge on any atom is 0.243 e. The number of amides is 1. The van der Waals surface area contributed by atoms with Crippen LogP contribution in [0.25, 0.3) is 0 Å². The van der Waals surface area contributed by atoms with Gasteiger partial charge in [-0.15, -0.1) is 0 Å². The highest BCUT2D eigenvalue weighted by molar-refractivity contribution is 5.86. The van der Waals surface area contributed by atoms with Gasteiger partial charge >= 0.3 is 0 Å². The first-order chi connectivity index (χ1) is 13.6. The predicted octanol–water partition coefficient (Wildman–Crippen LogP) is 2.36. The smallest absolute Gasteiger partial charge is 0.243 e. The Kier molecular flexibility index (Phi) is 8.87. The van der Waals surface area contributed by atoms with E-state index < -0.39 is 5.41 Å². The van der Waals surface area contributed by atoms with Crippen molar-refractivity contribution in [3.8, 4) is 6.07 Å². The minimum Gasteiger partial charge on any atom is -0.359 e. The van der Waals surface area contributed by atoms with Crippen LogP contribution in [0.15, 0.2) is 30.3 Å². The molecule has 1 amide bonds. The molecule has 1 aromatic carbocycles. The molecular formula is C21H30N2O5. The lowest BCUT2D eigenvalue weighted by atomic mass is 9.83. The molecule has 2 rings (SSSR count). The molecule has 1 saturated heterocycles. The molecular weight excluding hydrogens is 360 g/mol. The van der Waals surface area contributed by atoms with Crippen molar-refractivity contribution in [3.05, 3.63) is 35.9 Å². The zero-order valence-corrected chi connectivity index (χ0v) is 16.9. The van der Waals surface area contributed by atoms with E-state index in [4.69, 9.17) is 18.9 Å². The summed E-state index contributed by atoms with van der Waals surface area (Å²) in [5.41, 5.74) is -0.205. The largest absolute Gasteiger partial charge is 0.359 e. The topological polar surface area (TPSA) is 81.0 Å². The van der Waals surface area contributed by atoms with Crippen molar-refractivity contribution in [2.24, 2.45) is 5.41 Å². The fourth-order valence-electron chi connectivity index (χ4n) is 3.61. The number of hydrogen-bond acceptors (Lipinski definition) is 6. The summed E-state index contributed by atoms with van der Waals surface area (Å²) in [5.74, 6) is -0.187. The molecule has 7 nitrogen and oxygen atoms in total. The predicted molar refractivity (Wildman–Crippen MR) is 103 cm³/mol. The van der Waals surface area contributed by atoms with E-state index in [0.29, 0.717) is 19.6 Å². The van der Waals surface area contributed by atoms with E-state index >= 15 is 0 Å². The Hall–Kier alpha value is -1.98. The number of rotatable bonds is 11. The van der Waals surface area contributed by atoms with E-state index in [0.717, 1.165) is 18.4 Å². The van der Waals surface area contributed by atoms with Crippen LogP contribution in [0.4, 0.5) is 0 Å². The molecule has 1 heterocycles. The average molecular weight is 390 g/mol. The number of nitriles is 1. The molecule has 0 N–H and O–H groups in total. The van der Waals surface area contributed by atoms with Crippen LogP contribution in [-0.4, -0.2) is 63.9 Å². The Morgan fingerprint density at radius 1 is 1.11 bits per heavy atom. The highest BCUT2D eigenvalue weighted by Crippen LogP contribution is 2.33. The monoisotopic (exact) mass is 390 g/mol. The van der Waals surface area contributed by atoms with Crippen molar-refractivity contribution in [1.82, 2.24) is 4.90 Å². The van der Waals surface area contributed by atoms with E-state index in [2.05, 4.69) is 6.07 Å². The first kappa shape index (κ1) is 22.3. The highest BCUT2D eigenvalue weighted by atomic mass is 16.7. The number of hydrogen-bond donors (Lipinski definition) is 0. The Bertz CT molecular complexity index is 630. The molecule has 0 aromatic heterocycles. The molecule has 0 aliphatic carbocycles. The average Bonchev–Trinajstić information content (AvgIpc) is 3.11. The van der Waals surface area contributed by atoms with Crippen LogP contribution in [0.5, 0.6) is 0 Å². The lowest BCUT2D eigenvalue weighted by Crippen LogP contribution is -2.51. The Morgan fingerprint density at radius 3 is 2.11 bits per heavy atom. The van der Waals surface area contributed by atoms with Gasteiger partial charge in [-0.25, -0.2) is 0 Å². The van der Waals surface area contributed by atoms with Crippen molar-refractivity contribution < 1.29 is 23.7 Å². The zero-order chi connectivity index (χ0) is 20.4. The highest BCUT2D eigenvalue weighted by Gasteiger charge is 2.45. The van der Waals surface area contributed by atoms with Crippen molar-refractivity contribution in [1.29, 1.82) is 5.26 Å². The molecule has 0 saturated carbocycles. The van der Waals surface area contributed by atoms with Crippen molar-refractivity contribution in [3.63, 3.8) is 0 Å². The fraction of sp³-hybridized carbons (Fsp3) is 0.619. The van der Waals surface area contributed by atoms with Gasteiger partial charge in [0.2, 0.25) is 5.91 Å². The van der Waals surface area contributed by atoms with Crippen LogP contribution >= 0.6 is 0 Å². The van der Waals surface area contributed by atoms with Gasteiger partial charge in [0.05, 0.1) is 31.4 Å². The van der Waals surface area contributed by atoms with Gasteiger partial charge in [0, 0.05) is 14.2 Å². The second kappa shape index (κ2) is 11.1. The van der Waals surface area contributed by atoms with Crippen LogP contribution in [0.3, 0.4) is 0 Å². The van der Waals surface area contributed by atoms with Gasteiger partial charge in [-0.3, -0.25) is 4.79 Å². The van der Waals surface area contributed by atoms with Crippen LogP contribution < -0.4 is 0 Å². The number of methoxy groups -OCH3 is 2. The summed E-state index contributed by atoms with van der Waals surface area (Å²) in [7, 11) is 3.12. The minimum absolute atomic E-state index is 0.109. The number of carbonyl (C=O) groups excluding carboxylic acids is 1. The van der Waals surface area contributed by atoms with Gasteiger partial charge in [-0.05, 0) is 31.7 Å². The number of nitrogens with zero attached hydrogens (tertiary/aromatic N) is 2. The maximum atomic E-state index is 13.5. The summed E-state index contributed by atoms with van der Waals surface area (Å²) in [6.07, 6.45) is 1.95. The van der Waals surface area contributed by atoms with Crippen LogP contribution in [0.1, 0.15) is 25.3 Å². The van der Waals surface area contributed by atoms with Crippen LogP contribution in [0.2, 0.25) is 0 Å².